The number of amides is 1. The third-order valence-electron chi connectivity index (χ3n) is 2.43. The van der Waals surface area contributed by atoms with Gasteiger partial charge in [-0.2, -0.15) is 9.97 Å². The average Bonchev–Trinajstić information content (AvgIpc) is 2.81. The molecule has 2 aromatic heterocycles. The van der Waals surface area contributed by atoms with E-state index in [1.54, 1.807) is 0 Å². The van der Waals surface area contributed by atoms with E-state index in [1.807, 2.05) is 13.8 Å². The molecular formula is C11H17N7O. The summed E-state index contributed by atoms with van der Waals surface area (Å²) in [5.74, 6) is 0.904. The molecule has 2 aromatic rings. The number of nitrogens with one attached hydrogen (secondary N) is 3. The maximum Gasteiger partial charge on any atom is 0.239 e. The molecule has 0 aliphatic rings. The number of nitrogen functional groups attached to an aromatic ring is 1. The number of nitrogens with zero attached hydrogens (tertiary/aromatic N) is 3. The maximum absolute atomic E-state index is 11.6. The van der Waals surface area contributed by atoms with Crippen molar-refractivity contribution in [2.24, 2.45) is 5.92 Å². The predicted octanol–water partition coefficient (Wildman–Crippen LogP) is 0.119. The normalized spacial score (nSPS) is 10.9. The molecule has 0 fully saturated rings. The number of aromatic amines is 1. The van der Waals surface area contributed by atoms with Crippen LogP contribution in [0.1, 0.15) is 13.8 Å². The molecule has 5 N–H and O–H groups in total. The van der Waals surface area contributed by atoms with Gasteiger partial charge in [-0.3, -0.25) is 4.79 Å². The SMILES string of the molecule is CC(C)CNC(=O)CNc1nc(N)nc2nc[nH]c12. The summed E-state index contributed by atoms with van der Waals surface area (Å²) in [5, 5.41) is 5.73. The summed E-state index contributed by atoms with van der Waals surface area (Å²) in [5.41, 5.74) is 6.67. The lowest BCUT2D eigenvalue weighted by molar-refractivity contribution is -0.119. The fraction of sp³-hybridized carbons (Fsp3) is 0.455. The van der Waals surface area contributed by atoms with Gasteiger partial charge in [0.2, 0.25) is 11.9 Å². The number of hydrogen-bond donors (Lipinski definition) is 4. The van der Waals surface area contributed by atoms with E-state index >= 15 is 0 Å². The summed E-state index contributed by atoms with van der Waals surface area (Å²) in [6.45, 7) is 4.84. The minimum absolute atomic E-state index is 0.0986. The molecule has 0 saturated heterocycles. The first-order chi connectivity index (χ1) is 9.06. The number of aromatic nitrogens is 4. The van der Waals surface area contributed by atoms with Crippen LogP contribution in [0.2, 0.25) is 0 Å². The van der Waals surface area contributed by atoms with Crippen LogP contribution in [0.4, 0.5) is 11.8 Å². The lowest BCUT2D eigenvalue weighted by atomic mass is 10.2. The van der Waals surface area contributed by atoms with Crippen LogP contribution in [-0.2, 0) is 4.79 Å². The number of carbonyl (C=O) groups is 1. The van der Waals surface area contributed by atoms with E-state index in [9.17, 15) is 4.79 Å². The van der Waals surface area contributed by atoms with Gasteiger partial charge >= 0.3 is 0 Å². The molecule has 0 spiro atoms. The molecule has 8 nitrogen and oxygen atoms in total. The van der Waals surface area contributed by atoms with E-state index in [0.29, 0.717) is 29.4 Å². The van der Waals surface area contributed by atoms with Crippen LogP contribution < -0.4 is 16.4 Å². The Morgan fingerprint density at radius 3 is 3.00 bits per heavy atom. The van der Waals surface area contributed by atoms with Crippen molar-refractivity contribution >= 4 is 28.8 Å². The minimum Gasteiger partial charge on any atom is -0.368 e. The third kappa shape index (κ3) is 3.30. The van der Waals surface area contributed by atoms with Crippen LogP contribution in [-0.4, -0.2) is 38.9 Å². The van der Waals surface area contributed by atoms with E-state index in [-0.39, 0.29) is 18.4 Å². The summed E-state index contributed by atoms with van der Waals surface area (Å²) in [4.78, 5) is 26.5. The van der Waals surface area contributed by atoms with E-state index in [0.717, 1.165) is 0 Å². The molecule has 0 unspecified atom stereocenters. The quantitative estimate of drug-likeness (QED) is 0.608. The Labute approximate surface area is 110 Å². The Morgan fingerprint density at radius 1 is 1.47 bits per heavy atom. The number of fused-ring (bicyclic) bond motifs is 1. The van der Waals surface area contributed by atoms with Crippen LogP contribution in [0, 0.1) is 5.92 Å². The van der Waals surface area contributed by atoms with Crippen molar-refractivity contribution in [3.63, 3.8) is 0 Å². The number of hydrogen-bond acceptors (Lipinski definition) is 6. The van der Waals surface area contributed by atoms with Crippen molar-refractivity contribution in [1.82, 2.24) is 25.3 Å². The molecule has 102 valence electrons. The monoisotopic (exact) mass is 263 g/mol. The van der Waals surface area contributed by atoms with Crippen molar-refractivity contribution in [3.8, 4) is 0 Å². The van der Waals surface area contributed by atoms with Gasteiger partial charge in [-0.25, -0.2) is 4.98 Å². The lowest BCUT2D eigenvalue weighted by Crippen LogP contribution is -2.32. The summed E-state index contributed by atoms with van der Waals surface area (Å²) in [6.07, 6.45) is 1.50. The minimum atomic E-state index is -0.0986. The van der Waals surface area contributed by atoms with Crippen LogP contribution >= 0.6 is 0 Å². The molecule has 0 aromatic carbocycles. The van der Waals surface area contributed by atoms with E-state index < -0.39 is 0 Å². The highest BCUT2D eigenvalue weighted by Crippen LogP contribution is 2.16. The number of carbonyl (C=O) groups excluding carboxylic acids is 1. The Kier molecular flexibility index (Phi) is 3.79. The zero-order chi connectivity index (χ0) is 13.8. The highest BCUT2D eigenvalue weighted by atomic mass is 16.1. The van der Waals surface area contributed by atoms with Crippen LogP contribution in [0.3, 0.4) is 0 Å². The predicted molar refractivity (Wildman–Crippen MR) is 72.4 cm³/mol. The van der Waals surface area contributed by atoms with E-state index in [4.69, 9.17) is 5.73 Å². The topological polar surface area (TPSA) is 122 Å². The van der Waals surface area contributed by atoms with Crippen molar-refractivity contribution in [1.29, 1.82) is 0 Å². The number of imidazole rings is 1. The van der Waals surface area contributed by atoms with E-state index in [2.05, 4.69) is 30.6 Å². The number of anilines is 2. The van der Waals surface area contributed by atoms with Crippen molar-refractivity contribution in [2.75, 3.05) is 24.1 Å². The summed E-state index contributed by atoms with van der Waals surface area (Å²) in [6, 6.07) is 0. The van der Waals surface area contributed by atoms with Crippen molar-refractivity contribution < 1.29 is 4.79 Å². The average molecular weight is 263 g/mol. The molecule has 0 aliphatic heterocycles. The molecule has 0 saturated carbocycles. The van der Waals surface area contributed by atoms with E-state index in [1.165, 1.54) is 6.33 Å². The smallest absolute Gasteiger partial charge is 0.239 e. The molecule has 0 radical (unpaired) electrons. The number of H-pyrrole nitrogens is 1. The number of nitrogens with two attached hydrogens (primary N) is 1. The van der Waals surface area contributed by atoms with Crippen LogP contribution in [0.25, 0.3) is 11.2 Å². The Hall–Kier alpha value is -2.38. The summed E-state index contributed by atoms with van der Waals surface area (Å²) in [7, 11) is 0. The zero-order valence-electron chi connectivity index (χ0n) is 10.9. The number of rotatable bonds is 5. The molecular weight excluding hydrogens is 246 g/mol. The molecule has 2 rings (SSSR count). The van der Waals surface area contributed by atoms with Gasteiger partial charge in [0.05, 0.1) is 12.9 Å². The molecule has 1 amide bonds. The van der Waals surface area contributed by atoms with Crippen LogP contribution in [0.15, 0.2) is 6.33 Å². The third-order valence-corrected chi connectivity index (χ3v) is 2.43. The molecule has 8 heteroatoms. The van der Waals surface area contributed by atoms with Gasteiger partial charge in [0, 0.05) is 6.54 Å². The van der Waals surface area contributed by atoms with Gasteiger partial charge in [0.1, 0.15) is 5.52 Å². The standard InChI is InChI=1S/C11H17N7O/c1-6(2)3-13-7(19)4-14-9-8-10(16-5-15-8)18-11(12)17-9/h5-6H,3-4H2,1-2H3,(H,13,19)(H4,12,14,15,16,17,18). The Morgan fingerprint density at radius 2 is 2.26 bits per heavy atom. The second kappa shape index (κ2) is 5.51. The first-order valence-corrected chi connectivity index (χ1v) is 6.03. The molecule has 2 heterocycles. The highest BCUT2D eigenvalue weighted by Gasteiger charge is 2.09. The van der Waals surface area contributed by atoms with Gasteiger partial charge in [0.15, 0.2) is 11.5 Å². The van der Waals surface area contributed by atoms with Gasteiger partial charge in [-0.15, -0.1) is 0 Å². The first-order valence-electron chi connectivity index (χ1n) is 6.03. The summed E-state index contributed by atoms with van der Waals surface area (Å²) < 4.78 is 0. The fourth-order valence-electron chi connectivity index (χ4n) is 1.52. The Bertz CT molecular complexity index is 577. The fourth-order valence-corrected chi connectivity index (χ4v) is 1.52. The molecule has 0 bridgehead atoms. The van der Waals surface area contributed by atoms with Crippen molar-refractivity contribution in [3.05, 3.63) is 6.33 Å². The van der Waals surface area contributed by atoms with Crippen LogP contribution in [0.5, 0.6) is 0 Å². The molecule has 0 aliphatic carbocycles. The Balaban J connectivity index is 2.01. The van der Waals surface area contributed by atoms with Gasteiger partial charge in [-0.1, -0.05) is 13.8 Å². The van der Waals surface area contributed by atoms with Crippen molar-refractivity contribution in [2.45, 2.75) is 13.8 Å². The van der Waals surface area contributed by atoms with Gasteiger partial charge in [0.25, 0.3) is 0 Å². The second-order valence-electron chi connectivity index (χ2n) is 4.58. The first kappa shape index (κ1) is 13.1. The molecule has 19 heavy (non-hydrogen) atoms. The van der Waals surface area contributed by atoms with Gasteiger partial charge in [-0.05, 0) is 5.92 Å². The maximum atomic E-state index is 11.6. The summed E-state index contributed by atoms with van der Waals surface area (Å²) >= 11 is 0. The zero-order valence-corrected chi connectivity index (χ0v) is 10.9. The highest BCUT2D eigenvalue weighted by molar-refractivity contribution is 5.87. The lowest BCUT2D eigenvalue weighted by Gasteiger charge is -2.09. The second-order valence-corrected chi connectivity index (χ2v) is 4.58. The van der Waals surface area contributed by atoms with Gasteiger partial charge < -0.3 is 21.4 Å². The molecule has 0 atom stereocenters. The largest absolute Gasteiger partial charge is 0.368 e.